The fourth-order valence-corrected chi connectivity index (χ4v) is 1.05. The zero-order chi connectivity index (χ0) is 8.97. The summed E-state index contributed by atoms with van der Waals surface area (Å²) in [5.74, 6) is 0.310. The molecule has 0 fully saturated rings. The Morgan fingerprint density at radius 1 is 1.42 bits per heavy atom. The minimum Gasteiger partial charge on any atom is -0.484 e. The van der Waals surface area contributed by atoms with Crippen molar-refractivity contribution in [2.45, 2.75) is 13.3 Å². The van der Waals surface area contributed by atoms with Gasteiger partial charge < -0.3 is 4.74 Å². The third-order valence-corrected chi connectivity index (χ3v) is 1.86. The van der Waals surface area contributed by atoms with Gasteiger partial charge in [-0.15, -0.1) is 0 Å². The molecule has 0 atom stereocenters. The second-order valence-electron chi connectivity index (χ2n) is 2.73. The minimum absolute atomic E-state index is 0.310. The standard InChI is InChI=1S/C10H13NO/c1-8-5-3-4-6-9(8)7-10(11)12-2/h3-6,11H,7H2,1-2H3. The van der Waals surface area contributed by atoms with E-state index in [1.807, 2.05) is 31.2 Å². The summed E-state index contributed by atoms with van der Waals surface area (Å²) in [6, 6.07) is 8.03. The van der Waals surface area contributed by atoms with E-state index in [0.717, 1.165) is 5.56 Å². The van der Waals surface area contributed by atoms with Crippen LogP contribution in [0.2, 0.25) is 0 Å². The van der Waals surface area contributed by atoms with Crippen molar-refractivity contribution in [3.63, 3.8) is 0 Å². The molecule has 0 saturated carbocycles. The summed E-state index contributed by atoms with van der Waals surface area (Å²) < 4.78 is 4.79. The van der Waals surface area contributed by atoms with Gasteiger partial charge in [0.1, 0.15) is 0 Å². The van der Waals surface area contributed by atoms with Gasteiger partial charge in [0, 0.05) is 6.42 Å². The third-order valence-electron chi connectivity index (χ3n) is 1.86. The van der Waals surface area contributed by atoms with Gasteiger partial charge in [-0.2, -0.15) is 0 Å². The molecule has 0 bridgehead atoms. The fourth-order valence-electron chi connectivity index (χ4n) is 1.05. The van der Waals surface area contributed by atoms with Crippen LogP contribution in [0.25, 0.3) is 0 Å². The summed E-state index contributed by atoms with van der Waals surface area (Å²) in [5.41, 5.74) is 2.36. The molecule has 2 heteroatoms. The molecule has 1 aromatic rings. The van der Waals surface area contributed by atoms with Crippen LogP contribution in [0.5, 0.6) is 0 Å². The highest BCUT2D eigenvalue weighted by molar-refractivity contribution is 5.75. The van der Waals surface area contributed by atoms with E-state index in [2.05, 4.69) is 0 Å². The van der Waals surface area contributed by atoms with Crippen LogP contribution in [0.3, 0.4) is 0 Å². The van der Waals surface area contributed by atoms with E-state index in [-0.39, 0.29) is 0 Å². The van der Waals surface area contributed by atoms with Crippen molar-refractivity contribution < 1.29 is 4.74 Å². The van der Waals surface area contributed by atoms with Gasteiger partial charge in [0.15, 0.2) is 5.90 Å². The zero-order valence-corrected chi connectivity index (χ0v) is 7.42. The average molecular weight is 163 g/mol. The zero-order valence-electron chi connectivity index (χ0n) is 7.42. The van der Waals surface area contributed by atoms with E-state index < -0.39 is 0 Å². The van der Waals surface area contributed by atoms with E-state index >= 15 is 0 Å². The lowest BCUT2D eigenvalue weighted by Gasteiger charge is -2.04. The molecule has 0 unspecified atom stereocenters. The van der Waals surface area contributed by atoms with Crippen molar-refractivity contribution in [2.75, 3.05) is 7.11 Å². The average Bonchev–Trinajstić information content (AvgIpc) is 2.09. The van der Waals surface area contributed by atoms with E-state index in [1.54, 1.807) is 0 Å². The van der Waals surface area contributed by atoms with E-state index in [1.165, 1.54) is 12.7 Å². The molecule has 64 valence electrons. The third kappa shape index (κ3) is 2.09. The van der Waals surface area contributed by atoms with Gasteiger partial charge in [-0.1, -0.05) is 24.3 Å². The maximum absolute atomic E-state index is 7.35. The fraction of sp³-hybridized carbons (Fsp3) is 0.300. The van der Waals surface area contributed by atoms with E-state index in [9.17, 15) is 0 Å². The first-order valence-electron chi connectivity index (χ1n) is 3.90. The molecular formula is C10H13NO. The van der Waals surface area contributed by atoms with Gasteiger partial charge >= 0.3 is 0 Å². The molecule has 0 spiro atoms. The first-order valence-corrected chi connectivity index (χ1v) is 3.90. The molecule has 2 nitrogen and oxygen atoms in total. The van der Waals surface area contributed by atoms with Crippen molar-refractivity contribution in [2.24, 2.45) is 0 Å². The quantitative estimate of drug-likeness (QED) is 0.526. The Morgan fingerprint density at radius 2 is 2.08 bits per heavy atom. The van der Waals surface area contributed by atoms with Crippen LogP contribution >= 0.6 is 0 Å². The summed E-state index contributed by atoms with van der Waals surface area (Å²) >= 11 is 0. The highest BCUT2D eigenvalue weighted by Crippen LogP contribution is 2.07. The highest BCUT2D eigenvalue weighted by atomic mass is 16.5. The molecule has 1 N–H and O–H groups in total. The van der Waals surface area contributed by atoms with Crippen molar-refractivity contribution in [1.82, 2.24) is 0 Å². The van der Waals surface area contributed by atoms with Crippen LogP contribution < -0.4 is 0 Å². The Hall–Kier alpha value is -1.31. The number of methoxy groups -OCH3 is 1. The van der Waals surface area contributed by atoms with Gasteiger partial charge in [0.2, 0.25) is 0 Å². The van der Waals surface area contributed by atoms with Crippen molar-refractivity contribution >= 4 is 5.90 Å². The summed E-state index contributed by atoms with van der Waals surface area (Å²) in [6.45, 7) is 2.04. The molecule has 1 aromatic carbocycles. The Labute approximate surface area is 72.7 Å². The maximum Gasteiger partial charge on any atom is 0.184 e. The number of benzene rings is 1. The first kappa shape index (κ1) is 8.78. The lowest BCUT2D eigenvalue weighted by atomic mass is 10.1. The number of nitrogens with one attached hydrogen (secondary N) is 1. The van der Waals surface area contributed by atoms with Crippen molar-refractivity contribution in [1.29, 1.82) is 5.41 Å². The summed E-state index contributed by atoms with van der Waals surface area (Å²) in [4.78, 5) is 0. The van der Waals surface area contributed by atoms with Crippen molar-refractivity contribution in [3.8, 4) is 0 Å². The van der Waals surface area contributed by atoms with Gasteiger partial charge in [-0.3, -0.25) is 5.41 Å². The Bertz CT molecular complexity index is 281. The molecule has 1 rings (SSSR count). The first-order chi connectivity index (χ1) is 5.74. The van der Waals surface area contributed by atoms with Gasteiger partial charge in [-0.05, 0) is 18.1 Å². The molecular weight excluding hydrogens is 150 g/mol. The monoisotopic (exact) mass is 163 g/mol. The molecule has 0 aliphatic rings. The molecule has 0 aromatic heterocycles. The molecule has 0 aliphatic carbocycles. The van der Waals surface area contributed by atoms with Crippen LogP contribution in [-0.2, 0) is 11.2 Å². The minimum atomic E-state index is 0.310. The molecule has 12 heavy (non-hydrogen) atoms. The number of ether oxygens (including phenoxy) is 1. The largest absolute Gasteiger partial charge is 0.484 e. The molecule has 0 radical (unpaired) electrons. The van der Waals surface area contributed by atoms with E-state index in [0.29, 0.717) is 12.3 Å². The van der Waals surface area contributed by atoms with E-state index in [4.69, 9.17) is 10.1 Å². The topological polar surface area (TPSA) is 33.1 Å². The Kier molecular flexibility index (Phi) is 2.86. The smallest absolute Gasteiger partial charge is 0.184 e. The van der Waals surface area contributed by atoms with Crippen molar-refractivity contribution in [3.05, 3.63) is 35.4 Å². The molecule has 0 amide bonds. The van der Waals surface area contributed by atoms with Gasteiger partial charge in [-0.25, -0.2) is 0 Å². The molecule has 0 saturated heterocycles. The maximum atomic E-state index is 7.35. The normalized spacial score (nSPS) is 9.50. The number of rotatable bonds is 2. The van der Waals surface area contributed by atoms with Crippen LogP contribution in [0, 0.1) is 12.3 Å². The second-order valence-corrected chi connectivity index (χ2v) is 2.73. The summed E-state index contributed by atoms with van der Waals surface area (Å²) in [6.07, 6.45) is 0.586. The highest BCUT2D eigenvalue weighted by Gasteiger charge is 2.00. The lowest BCUT2D eigenvalue weighted by molar-refractivity contribution is 0.390. The Balaban J connectivity index is 2.75. The predicted molar refractivity (Wildman–Crippen MR) is 49.6 cm³/mol. The van der Waals surface area contributed by atoms with Gasteiger partial charge in [0.05, 0.1) is 7.11 Å². The second kappa shape index (κ2) is 3.90. The predicted octanol–water partition coefficient (Wildman–Crippen LogP) is 2.16. The van der Waals surface area contributed by atoms with Crippen LogP contribution in [0.15, 0.2) is 24.3 Å². The Morgan fingerprint density at radius 3 is 2.67 bits per heavy atom. The molecule has 0 aliphatic heterocycles. The summed E-state index contributed by atoms with van der Waals surface area (Å²) in [5, 5.41) is 7.35. The number of aryl methyl sites for hydroxylation is 1. The van der Waals surface area contributed by atoms with Crippen LogP contribution in [0.1, 0.15) is 11.1 Å². The van der Waals surface area contributed by atoms with Crippen LogP contribution in [0.4, 0.5) is 0 Å². The van der Waals surface area contributed by atoms with Gasteiger partial charge in [0.25, 0.3) is 0 Å². The van der Waals surface area contributed by atoms with Crippen LogP contribution in [-0.4, -0.2) is 13.0 Å². The summed E-state index contributed by atoms with van der Waals surface area (Å²) in [7, 11) is 1.53. The molecule has 0 heterocycles. The SMILES string of the molecule is COC(=N)Cc1ccccc1C. The number of hydrogen-bond donors (Lipinski definition) is 1. The lowest BCUT2D eigenvalue weighted by Crippen LogP contribution is -2.04. The number of hydrogen-bond acceptors (Lipinski definition) is 2.